The first-order chi connectivity index (χ1) is 19.4. The molecule has 2 aliphatic rings. The van der Waals surface area contributed by atoms with Crippen molar-refractivity contribution in [2.24, 2.45) is 9.98 Å². The summed E-state index contributed by atoms with van der Waals surface area (Å²) < 4.78 is 5.33. The summed E-state index contributed by atoms with van der Waals surface area (Å²) in [6.07, 6.45) is 3.44. The number of methoxy groups -OCH3 is 1. The molecular weight excluding hydrogens is 498 g/mol. The Bertz CT molecular complexity index is 1590. The first-order valence-corrected chi connectivity index (χ1v) is 13.6. The van der Waals surface area contributed by atoms with Crippen LogP contribution in [-0.2, 0) is 6.42 Å². The average Bonchev–Trinajstić information content (AvgIpc) is 3.59. The second-order valence-electron chi connectivity index (χ2n) is 10.1. The van der Waals surface area contributed by atoms with Crippen LogP contribution < -0.4 is 20.8 Å². The number of amides is 1. The molecule has 40 heavy (non-hydrogen) atoms. The molecule has 1 aromatic heterocycles. The number of ether oxygens (including phenoxy) is 1. The molecule has 2 aromatic carbocycles. The van der Waals surface area contributed by atoms with Gasteiger partial charge < -0.3 is 15.0 Å². The number of pyridine rings is 1. The van der Waals surface area contributed by atoms with E-state index < -0.39 is 0 Å². The van der Waals surface area contributed by atoms with E-state index in [0.29, 0.717) is 53.8 Å². The summed E-state index contributed by atoms with van der Waals surface area (Å²) in [5.41, 5.74) is 7.77. The van der Waals surface area contributed by atoms with Gasteiger partial charge in [0.15, 0.2) is 0 Å². The van der Waals surface area contributed by atoms with Crippen molar-refractivity contribution in [2.75, 3.05) is 26.9 Å². The Hall–Kier alpha value is -4.52. The van der Waals surface area contributed by atoms with Gasteiger partial charge in [0.2, 0.25) is 0 Å². The molecule has 0 bridgehead atoms. The molecule has 1 saturated heterocycles. The van der Waals surface area contributed by atoms with Crippen molar-refractivity contribution >= 4 is 5.91 Å². The van der Waals surface area contributed by atoms with E-state index in [1.54, 1.807) is 7.11 Å². The predicted molar refractivity (Wildman–Crippen MR) is 159 cm³/mol. The van der Waals surface area contributed by atoms with Gasteiger partial charge in [0, 0.05) is 35.6 Å². The Morgan fingerprint density at radius 3 is 2.27 bits per heavy atom. The molecule has 2 aliphatic heterocycles. The molecule has 0 saturated carbocycles. The molecule has 0 spiro atoms. The molecule has 0 radical (unpaired) electrons. The lowest BCUT2D eigenvalue weighted by Crippen LogP contribution is -2.35. The Morgan fingerprint density at radius 2 is 1.62 bits per heavy atom. The van der Waals surface area contributed by atoms with E-state index in [9.17, 15) is 4.79 Å². The van der Waals surface area contributed by atoms with Gasteiger partial charge in [-0.05, 0) is 61.1 Å². The number of aromatic nitrogens is 1. The van der Waals surface area contributed by atoms with Crippen LogP contribution in [0.1, 0.15) is 42.2 Å². The van der Waals surface area contributed by atoms with Crippen LogP contribution in [0.15, 0.2) is 95.2 Å². The molecule has 7 nitrogen and oxygen atoms in total. The van der Waals surface area contributed by atoms with E-state index in [1.807, 2.05) is 36.4 Å². The second-order valence-corrected chi connectivity index (χ2v) is 10.1. The van der Waals surface area contributed by atoms with Gasteiger partial charge in [-0.15, -0.1) is 0 Å². The standard InChI is InChI=1S/C33H35N5O2/c1-6-24-9-11-25(12-10-24)28-30-32(36-20-35-30)29(26-13-15-27(40-5)16-14-26)37-31(28)33(39)34-18-17-21(2)19-38-22(3)7-8-23(38)4/h9-16H,2-4,6-8,17-20H2,1,5H3,(H,34,39). The monoisotopic (exact) mass is 533 g/mol. The van der Waals surface area contributed by atoms with Crippen LogP contribution in [-0.4, -0.2) is 42.7 Å². The van der Waals surface area contributed by atoms with E-state index in [0.717, 1.165) is 53.1 Å². The van der Waals surface area contributed by atoms with Gasteiger partial charge in [0.1, 0.15) is 23.5 Å². The minimum Gasteiger partial charge on any atom is -0.497 e. The van der Waals surface area contributed by atoms with Gasteiger partial charge in [-0.1, -0.05) is 56.5 Å². The Balaban J connectivity index is 1.47. The van der Waals surface area contributed by atoms with E-state index in [1.165, 1.54) is 5.56 Å². The van der Waals surface area contributed by atoms with Gasteiger partial charge in [-0.2, -0.15) is 0 Å². The zero-order valence-electron chi connectivity index (χ0n) is 23.3. The lowest BCUT2D eigenvalue weighted by atomic mass is 9.98. The normalized spacial score (nSPS) is 14.0. The van der Waals surface area contributed by atoms with E-state index in [2.05, 4.69) is 54.0 Å². The van der Waals surface area contributed by atoms with Crippen LogP contribution in [0.2, 0.25) is 0 Å². The summed E-state index contributed by atoms with van der Waals surface area (Å²) in [7, 11) is 1.63. The molecule has 0 atom stereocenters. The zero-order valence-corrected chi connectivity index (χ0v) is 23.3. The Kier molecular flexibility index (Phi) is 7.91. The molecule has 1 fully saturated rings. The van der Waals surface area contributed by atoms with Crippen LogP contribution in [0.25, 0.3) is 22.4 Å². The number of nitrogens with zero attached hydrogens (tertiary/aromatic N) is 4. The third-order valence-corrected chi connectivity index (χ3v) is 7.44. The molecule has 1 amide bonds. The summed E-state index contributed by atoms with van der Waals surface area (Å²) in [6.45, 7) is 16.0. The molecule has 3 aromatic rings. The van der Waals surface area contributed by atoms with Gasteiger partial charge in [-0.3, -0.25) is 14.8 Å². The number of hydrogen-bond acceptors (Lipinski definition) is 6. The quantitative estimate of drug-likeness (QED) is 0.372. The van der Waals surface area contributed by atoms with Gasteiger partial charge in [0.05, 0.1) is 18.2 Å². The summed E-state index contributed by atoms with van der Waals surface area (Å²) in [6, 6.07) is 15.8. The number of rotatable bonds is 10. The summed E-state index contributed by atoms with van der Waals surface area (Å²) >= 11 is 0. The fourth-order valence-corrected chi connectivity index (χ4v) is 5.08. The fourth-order valence-electron chi connectivity index (χ4n) is 5.08. The predicted octanol–water partition coefficient (Wildman–Crippen LogP) is 5.00. The summed E-state index contributed by atoms with van der Waals surface area (Å²) in [5, 5.41) is 4.48. The number of carbonyl (C=O) groups is 1. The minimum absolute atomic E-state index is 0.253. The Morgan fingerprint density at radius 1 is 0.975 bits per heavy atom. The molecule has 3 heterocycles. The first-order valence-electron chi connectivity index (χ1n) is 13.6. The summed E-state index contributed by atoms with van der Waals surface area (Å²) in [4.78, 5) is 30.2. The van der Waals surface area contributed by atoms with Crippen molar-refractivity contribution in [2.45, 2.75) is 32.6 Å². The molecule has 1 N–H and O–H groups in total. The smallest absolute Gasteiger partial charge is 0.270 e. The van der Waals surface area contributed by atoms with Crippen LogP contribution in [0.5, 0.6) is 5.75 Å². The lowest BCUT2D eigenvalue weighted by molar-refractivity contribution is 0.0949. The highest BCUT2D eigenvalue weighted by atomic mass is 16.5. The van der Waals surface area contributed by atoms with Crippen LogP contribution in [0, 0.1) is 0 Å². The number of fused-ring (bicyclic) bond motifs is 1. The topological polar surface area (TPSA) is 79.2 Å². The molecule has 0 aliphatic carbocycles. The zero-order chi connectivity index (χ0) is 28.2. The highest BCUT2D eigenvalue weighted by Crippen LogP contribution is 2.29. The van der Waals surface area contributed by atoms with Crippen molar-refractivity contribution in [3.8, 4) is 28.1 Å². The highest BCUT2D eigenvalue weighted by Gasteiger charge is 2.23. The summed E-state index contributed by atoms with van der Waals surface area (Å²) in [5.74, 6) is 0.492. The van der Waals surface area contributed by atoms with Crippen molar-refractivity contribution in [3.63, 3.8) is 0 Å². The third-order valence-electron chi connectivity index (χ3n) is 7.44. The molecule has 204 valence electrons. The fraction of sp³-hybridized carbons (Fsp3) is 0.273. The molecule has 7 heteroatoms. The van der Waals surface area contributed by atoms with Gasteiger partial charge >= 0.3 is 0 Å². The van der Waals surface area contributed by atoms with Gasteiger partial charge in [-0.25, -0.2) is 4.98 Å². The number of benzene rings is 2. The number of allylic oxidation sites excluding steroid dienone is 2. The van der Waals surface area contributed by atoms with Crippen molar-refractivity contribution in [1.29, 1.82) is 0 Å². The van der Waals surface area contributed by atoms with E-state index in [-0.39, 0.29) is 5.91 Å². The third kappa shape index (κ3) is 5.45. The number of aryl methyl sites for hydroxylation is 1. The number of nitrogens with one attached hydrogen (secondary N) is 1. The first kappa shape index (κ1) is 27.1. The van der Waals surface area contributed by atoms with E-state index >= 15 is 0 Å². The van der Waals surface area contributed by atoms with Crippen LogP contribution in [0.3, 0.4) is 0 Å². The van der Waals surface area contributed by atoms with Crippen molar-refractivity contribution in [3.05, 3.63) is 107 Å². The maximum atomic E-state index is 13.7. The highest BCUT2D eigenvalue weighted by molar-refractivity contribution is 5.99. The number of carbonyl (C=O) groups excluding carboxylic acids is 1. The second kappa shape index (κ2) is 11.7. The lowest BCUT2D eigenvalue weighted by Gasteiger charge is -2.22. The van der Waals surface area contributed by atoms with Crippen LogP contribution in [0.4, 0.5) is 0 Å². The average molecular weight is 534 g/mol. The minimum atomic E-state index is -0.253. The van der Waals surface area contributed by atoms with Crippen molar-refractivity contribution < 1.29 is 9.53 Å². The molecular formula is C33H35N5O2. The SMILES string of the molecule is C=C(CCNC(=O)c1nc(-c2ccc(OC)cc2)c2c(c1-c1ccc(CC)cc1)=NCN=2)CN1C(=C)CCC1=C. The molecule has 0 unspecified atom stereocenters. The number of hydrogen-bond donors (Lipinski definition) is 1. The van der Waals surface area contributed by atoms with Crippen molar-refractivity contribution in [1.82, 2.24) is 15.2 Å². The van der Waals surface area contributed by atoms with E-state index in [4.69, 9.17) is 14.7 Å². The van der Waals surface area contributed by atoms with Crippen LogP contribution >= 0.6 is 0 Å². The largest absolute Gasteiger partial charge is 0.497 e. The Labute approximate surface area is 235 Å². The number of likely N-dealkylation sites (tertiary alicyclic amines) is 1. The maximum absolute atomic E-state index is 13.7. The van der Waals surface area contributed by atoms with Gasteiger partial charge in [0.25, 0.3) is 5.91 Å². The molecule has 5 rings (SSSR count). The maximum Gasteiger partial charge on any atom is 0.270 e.